The minimum Gasteiger partial charge on any atom is -0.487 e. The maximum absolute atomic E-state index is 11.8. The molecule has 0 atom stereocenters. The molecule has 0 saturated carbocycles. The Morgan fingerprint density at radius 3 is 2.43 bits per heavy atom. The van der Waals surface area contributed by atoms with Crippen LogP contribution in [0.1, 0.15) is 5.56 Å². The molecule has 4 heteroatoms. The summed E-state index contributed by atoms with van der Waals surface area (Å²) in [5, 5.41) is 2.87. The van der Waals surface area contributed by atoms with E-state index in [9.17, 15) is 4.79 Å². The lowest BCUT2D eigenvalue weighted by Crippen LogP contribution is -2.27. The van der Waals surface area contributed by atoms with E-state index in [2.05, 4.69) is 5.32 Å². The molecular weight excluding hydrogens is 264 g/mol. The quantitative estimate of drug-likeness (QED) is 0.887. The number of para-hydroxylation sites is 2. The van der Waals surface area contributed by atoms with E-state index >= 15 is 0 Å². The largest absolute Gasteiger partial charge is 0.487 e. The summed E-state index contributed by atoms with van der Waals surface area (Å²) in [5.41, 5.74) is 1.78. The Bertz CT molecular complexity index is 582. The fourth-order valence-electron chi connectivity index (χ4n) is 1.91. The number of likely N-dealkylation sites (N-methyl/N-ethyl adjacent to an activating group) is 1. The number of nitrogens with zero attached hydrogens (tertiary/aromatic N) is 1. The summed E-state index contributed by atoms with van der Waals surface area (Å²) in [6.07, 6.45) is 0. The number of hydrogen-bond acceptors (Lipinski definition) is 3. The van der Waals surface area contributed by atoms with Crippen LogP contribution in [0.3, 0.4) is 0 Å². The number of benzene rings is 2. The molecule has 1 N–H and O–H groups in total. The van der Waals surface area contributed by atoms with E-state index in [0.29, 0.717) is 24.6 Å². The van der Waals surface area contributed by atoms with Gasteiger partial charge in [-0.25, -0.2) is 0 Å². The van der Waals surface area contributed by atoms with Crippen molar-refractivity contribution in [2.45, 2.75) is 6.61 Å². The third-order valence-corrected chi connectivity index (χ3v) is 2.86. The molecule has 0 heterocycles. The van der Waals surface area contributed by atoms with Gasteiger partial charge in [-0.05, 0) is 31.8 Å². The van der Waals surface area contributed by atoms with Crippen LogP contribution in [-0.4, -0.2) is 31.4 Å². The summed E-state index contributed by atoms with van der Waals surface area (Å²) in [5.74, 6) is 0.615. The maximum atomic E-state index is 11.8. The number of rotatable bonds is 6. The number of anilines is 1. The molecule has 2 aromatic carbocycles. The fourth-order valence-corrected chi connectivity index (χ4v) is 1.91. The summed E-state index contributed by atoms with van der Waals surface area (Å²) in [6.45, 7) is 0.814. The predicted molar refractivity (Wildman–Crippen MR) is 84.4 cm³/mol. The Morgan fingerprint density at radius 2 is 1.71 bits per heavy atom. The highest BCUT2D eigenvalue weighted by Gasteiger charge is 2.08. The number of carbonyl (C=O) groups is 1. The van der Waals surface area contributed by atoms with Gasteiger partial charge in [0.2, 0.25) is 5.91 Å². The van der Waals surface area contributed by atoms with Gasteiger partial charge in [-0.1, -0.05) is 42.5 Å². The topological polar surface area (TPSA) is 41.6 Å². The summed E-state index contributed by atoms with van der Waals surface area (Å²) in [7, 11) is 3.72. The molecule has 2 aromatic rings. The van der Waals surface area contributed by atoms with Gasteiger partial charge in [0.1, 0.15) is 12.4 Å². The Labute approximate surface area is 125 Å². The zero-order chi connectivity index (χ0) is 15.1. The molecule has 1 amide bonds. The molecule has 21 heavy (non-hydrogen) atoms. The second-order valence-electron chi connectivity index (χ2n) is 5.06. The first kappa shape index (κ1) is 15.1. The Hall–Kier alpha value is -2.33. The van der Waals surface area contributed by atoms with Gasteiger partial charge in [-0.15, -0.1) is 0 Å². The van der Waals surface area contributed by atoms with Gasteiger partial charge in [-0.3, -0.25) is 4.79 Å². The van der Waals surface area contributed by atoms with Crippen LogP contribution in [0, 0.1) is 0 Å². The number of ether oxygens (including phenoxy) is 1. The van der Waals surface area contributed by atoms with Crippen LogP contribution < -0.4 is 10.1 Å². The van der Waals surface area contributed by atoms with Crippen molar-refractivity contribution in [3.8, 4) is 5.75 Å². The van der Waals surface area contributed by atoms with E-state index in [0.717, 1.165) is 5.56 Å². The number of nitrogens with one attached hydrogen (secondary N) is 1. The highest BCUT2D eigenvalue weighted by atomic mass is 16.5. The lowest BCUT2D eigenvalue weighted by atomic mass is 10.2. The summed E-state index contributed by atoms with van der Waals surface area (Å²) in [6, 6.07) is 17.4. The molecule has 0 unspecified atom stereocenters. The van der Waals surface area contributed by atoms with Gasteiger partial charge < -0.3 is 15.0 Å². The number of carbonyl (C=O) groups excluding carboxylic acids is 1. The monoisotopic (exact) mass is 284 g/mol. The van der Waals surface area contributed by atoms with Gasteiger partial charge in [-0.2, -0.15) is 0 Å². The Morgan fingerprint density at radius 1 is 1.05 bits per heavy atom. The minimum absolute atomic E-state index is 0.0595. The van der Waals surface area contributed by atoms with Crippen molar-refractivity contribution in [2.75, 3.05) is 26.0 Å². The molecule has 4 nitrogen and oxygen atoms in total. The van der Waals surface area contributed by atoms with Gasteiger partial charge in [0.15, 0.2) is 0 Å². The molecule has 0 bridgehead atoms. The zero-order valence-electron chi connectivity index (χ0n) is 12.4. The van der Waals surface area contributed by atoms with Crippen LogP contribution in [0.25, 0.3) is 0 Å². The van der Waals surface area contributed by atoms with Gasteiger partial charge >= 0.3 is 0 Å². The normalized spacial score (nSPS) is 10.4. The molecule has 0 fully saturated rings. The van der Waals surface area contributed by atoms with E-state index in [1.54, 1.807) is 0 Å². The third-order valence-electron chi connectivity index (χ3n) is 2.86. The van der Waals surface area contributed by atoms with E-state index in [1.165, 1.54) is 0 Å². The van der Waals surface area contributed by atoms with Crippen molar-refractivity contribution in [3.63, 3.8) is 0 Å². The van der Waals surface area contributed by atoms with Crippen LogP contribution in [0.2, 0.25) is 0 Å². The van der Waals surface area contributed by atoms with E-state index in [1.807, 2.05) is 73.6 Å². The molecule has 110 valence electrons. The maximum Gasteiger partial charge on any atom is 0.238 e. The predicted octanol–water partition coefficient (Wildman–Crippen LogP) is 2.77. The second-order valence-corrected chi connectivity index (χ2v) is 5.06. The van der Waals surface area contributed by atoms with E-state index in [4.69, 9.17) is 4.74 Å². The van der Waals surface area contributed by atoms with Gasteiger partial charge in [0, 0.05) is 0 Å². The number of amides is 1. The smallest absolute Gasteiger partial charge is 0.238 e. The van der Waals surface area contributed by atoms with Gasteiger partial charge in [0.05, 0.1) is 12.2 Å². The van der Waals surface area contributed by atoms with E-state index < -0.39 is 0 Å². The average Bonchev–Trinajstić information content (AvgIpc) is 2.46. The van der Waals surface area contributed by atoms with Crippen molar-refractivity contribution in [1.29, 1.82) is 0 Å². The van der Waals surface area contributed by atoms with Crippen LogP contribution in [0.5, 0.6) is 5.75 Å². The lowest BCUT2D eigenvalue weighted by molar-refractivity contribution is -0.116. The van der Waals surface area contributed by atoms with Crippen LogP contribution in [0.15, 0.2) is 54.6 Å². The highest BCUT2D eigenvalue weighted by Crippen LogP contribution is 2.24. The lowest BCUT2D eigenvalue weighted by Gasteiger charge is -2.14. The average molecular weight is 284 g/mol. The van der Waals surface area contributed by atoms with Gasteiger partial charge in [0.25, 0.3) is 0 Å². The Kier molecular flexibility index (Phi) is 5.35. The molecule has 0 radical (unpaired) electrons. The SMILES string of the molecule is CN(C)CC(=O)Nc1ccccc1OCc1ccccc1. The zero-order valence-corrected chi connectivity index (χ0v) is 12.4. The first-order valence-corrected chi connectivity index (χ1v) is 6.85. The molecule has 0 aliphatic carbocycles. The molecule has 0 saturated heterocycles. The summed E-state index contributed by atoms with van der Waals surface area (Å²) < 4.78 is 5.80. The Balaban J connectivity index is 2.01. The van der Waals surface area contributed by atoms with Crippen molar-refractivity contribution >= 4 is 11.6 Å². The molecule has 0 spiro atoms. The molecule has 0 aliphatic heterocycles. The first-order chi connectivity index (χ1) is 10.1. The van der Waals surface area contributed by atoms with Crippen LogP contribution in [-0.2, 0) is 11.4 Å². The van der Waals surface area contributed by atoms with Crippen molar-refractivity contribution in [3.05, 3.63) is 60.2 Å². The van der Waals surface area contributed by atoms with Crippen LogP contribution in [0.4, 0.5) is 5.69 Å². The minimum atomic E-state index is -0.0595. The molecular formula is C17H20N2O2. The van der Waals surface area contributed by atoms with Crippen molar-refractivity contribution in [1.82, 2.24) is 4.90 Å². The molecule has 0 aliphatic rings. The first-order valence-electron chi connectivity index (χ1n) is 6.85. The number of hydrogen-bond donors (Lipinski definition) is 1. The highest BCUT2D eigenvalue weighted by molar-refractivity contribution is 5.93. The standard InChI is InChI=1S/C17H20N2O2/c1-19(2)12-17(20)18-15-10-6-7-11-16(15)21-13-14-8-4-3-5-9-14/h3-11H,12-13H2,1-2H3,(H,18,20). The fraction of sp³-hybridized carbons (Fsp3) is 0.235. The van der Waals surface area contributed by atoms with E-state index in [-0.39, 0.29) is 5.91 Å². The molecule has 0 aromatic heterocycles. The third kappa shape index (κ3) is 4.93. The second kappa shape index (κ2) is 7.45. The molecule has 2 rings (SSSR count). The van der Waals surface area contributed by atoms with Crippen molar-refractivity contribution < 1.29 is 9.53 Å². The van der Waals surface area contributed by atoms with Crippen molar-refractivity contribution in [2.24, 2.45) is 0 Å². The van der Waals surface area contributed by atoms with Crippen LogP contribution >= 0.6 is 0 Å². The summed E-state index contributed by atoms with van der Waals surface area (Å²) in [4.78, 5) is 13.7. The summed E-state index contributed by atoms with van der Waals surface area (Å²) >= 11 is 0.